The molecule has 0 aromatic heterocycles. The Kier molecular flexibility index (Phi) is 5.39. The van der Waals surface area contributed by atoms with Crippen molar-refractivity contribution in [2.45, 2.75) is 39.2 Å². The quantitative estimate of drug-likeness (QED) is 0.887. The van der Waals surface area contributed by atoms with Crippen molar-refractivity contribution in [2.75, 3.05) is 18.5 Å². The van der Waals surface area contributed by atoms with E-state index in [9.17, 15) is 9.90 Å². The number of carbonyl (C=O) groups is 1. The molecular formula is C21H26N2O2. The van der Waals surface area contributed by atoms with E-state index in [4.69, 9.17) is 0 Å². The Labute approximate surface area is 149 Å². The van der Waals surface area contributed by atoms with Crippen LogP contribution in [0.1, 0.15) is 42.1 Å². The molecule has 0 radical (unpaired) electrons. The summed E-state index contributed by atoms with van der Waals surface area (Å²) in [6, 6.07) is 13.8. The highest BCUT2D eigenvalue weighted by atomic mass is 16.3. The molecule has 4 heteroatoms. The molecule has 1 atom stereocenters. The van der Waals surface area contributed by atoms with E-state index in [0.717, 1.165) is 41.6 Å². The number of aliphatic hydroxyl groups is 1. The predicted molar refractivity (Wildman–Crippen MR) is 101 cm³/mol. The summed E-state index contributed by atoms with van der Waals surface area (Å²) >= 11 is 0. The van der Waals surface area contributed by atoms with Gasteiger partial charge >= 0.3 is 6.03 Å². The zero-order chi connectivity index (χ0) is 17.8. The molecule has 1 unspecified atom stereocenters. The van der Waals surface area contributed by atoms with Gasteiger partial charge in [0, 0.05) is 12.2 Å². The van der Waals surface area contributed by atoms with Crippen molar-refractivity contribution < 1.29 is 9.90 Å². The number of benzene rings is 2. The smallest absolute Gasteiger partial charge is 0.322 e. The number of aryl methyl sites for hydroxylation is 2. The highest BCUT2D eigenvalue weighted by Gasteiger charge is 2.30. The van der Waals surface area contributed by atoms with E-state index in [-0.39, 0.29) is 18.7 Å². The summed E-state index contributed by atoms with van der Waals surface area (Å²) in [5, 5.41) is 13.0. The lowest BCUT2D eigenvalue weighted by Crippen LogP contribution is -2.44. The molecule has 0 saturated heterocycles. The van der Waals surface area contributed by atoms with E-state index < -0.39 is 0 Å². The van der Waals surface area contributed by atoms with Crippen LogP contribution in [0.2, 0.25) is 0 Å². The molecule has 1 aliphatic rings. The number of carbonyl (C=O) groups excluding carboxylic acids is 1. The van der Waals surface area contributed by atoms with E-state index >= 15 is 0 Å². The third-order valence-corrected chi connectivity index (χ3v) is 5.08. The first-order chi connectivity index (χ1) is 12.2. The van der Waals surface area contributed by atoms with Gasteiger partial charge < -0.3 is 15.3 Å². The van der Waals surface area contributed by atoms with Crippen LogP contribution in [0.4, 0.5) is 10.5 Å². The topological polar surface area (TPSA) is 52.6 Å². The number of anilines is 1. The molecule has 0 spiro atoms. The molecule has 25 heavy (non-hydrogen) atoms. The lowest BCUT2D eigenvalue weighted by atomic mass is 9.93. The normalized spacial score (nSPS) is 16.4. The number of aliphatic hydroxyl groups excluding tert-OH is 1. The van der Waals surface area contributed by atoms with E-state index in [1.54, 1.807) is 4.90 Å². The van der Waals surface area contributed by atoms with Crippen LogP contribution in [0.3, 0.4) is 0 Å². The maximum Gasteiger partial charge on any atom is 0.322 e. The van der Waals surface area contributed by atoms with Gasteiger partial charge in [0.2, 0.25) is 0 Å². The standard InChI is InChI=1S/C21H26N2O2/c1-3-15-9-7-10-16(4-2)20(15)22-21(25)23-13-12-17-8-5-6-11-18(17)19(23)14-24/h5-11,19,24H,3-4,12-14H2,1-2H3,(H,22,25). The summed E-state index contributed by atoms with van der Waals surface area (Å²) in [5.74, 6) is 0. The summed E-state index contributed by atoms with van der Waals surface area (Å²) in [6.07, 6.45) is 2.56. The van der Waals surface area contributed by atoms with Crippen LogP contribution in [-0.4, -0.2) is 29.2 Å². The van der Waals surface area contributed by atoms with Crippen molar-refractivity contribution >= 4 is 11.7 Å². The fourth-order valence-corrected chi connectivity index (χ4v) is 3.67. The number of urea groups is 1. The Bertz CT molecular complexity index is 735. The Morgan fingerprint density at radius 3 is 2.44 bits per heavy atom. The molecule has 1 heterocycles. The fourth-order valence-electron chi connectivity index (χ4n) is 3.67. The second-order valence-corrected chi connectivity index (χ2v) is 6.43. The molecule has 2 N–H and O–H groups in total. The van der Waals surface area contributed by atoms with Crippen LogP contribution < -0.4 is 5.32 Å². The van der Waals surface area contributed by atoms with Gasteiger partial charge in [-0.25, -0.2) is 4.79 Å². The molecule has 0 bridgehead atoms. The molecule has 0 fully saturated rings. The third-order valence-electron chi connectivity index (χ3n) is 5.08. The summed E-state index contributed by atoms with van der Waals surface area (Å²) < 4.78 is 0. The highest BCUT2D eigenvalue weighted by molar-refractivity contribution is 5.91. The molecule has 2 amide bonds. The number of rotatable bonds is 4. The number of hydrogen-bond acceptors (Lipinski definition) is 2. The van der Waals surface area contributed by atoms with Crippen molar-refractivity contribution in [3.05, 3.63) is 64.7 Å². The monoisotopic (exact) mass is 338 g/mol. The summed E-state index contributed by atoms with van der Waals surface area (Å²) in [5.41, 5.74) is 5.48. The molecule has 2 aromatic carbocycles. The Morgan fingerprint density at radius 2 is 1.80 bits per heavy atom. The summed E-state index contributed by atoms with van der Waals surface area (Å²) in [7, 11) is 0. The molecule has 132 valence electrons. The van der Waals surface area contributed by atoms with Crippen LogP contribution in [0.5, 0.6) is 0 Å². The van der Waals surface area contributed by atoms with Crippen molar-refractivity contribution in [3.8, 4) is 0 Å². The number of hydrogen-bond donors (Lipinski definition) is 2. The van der Waals surface area contributed by atoms with Crippen LogP contribution in [-0.2, 0) is 19.3 Å². The lowest BCUT2D eigenvalue weighted by molar-refractivity contribution is 0.135. The van der Waals surface area contributed by atoms with Gasteiger partial charge in [-0.3, -0.25) is 0 Å². The second-order valence-electron chi connectivity index (χ2n) is 6.43. The van der Waals surface area contributed by atoms with Crippen LogP contribution in [0, 0.1) is 0 Å². The minimum Gasteiger partial charge on any atom is -0.394 e. The average molecular weight is 338 g/mol. The Hall–Kier alpha value is -2.33. The Morgan fingerprint density at radius 1 is 1.12 bits per heavy atom. The van der Waals surface area contributed by atoms with Gasteiger partial charge in [0.25, 0.3) is 0 Å². The van der Waals surface area contributed by atoms with E-state index in [0.29, 0.717) is 6.54 Å². The SMILES string of the molecule is CCc1cccc(CC)c1NC(=O)N1CCc2ccccc2C1CO. The molecule has 2 aromatic rings. The lowest BCUT2D eigenvalue weighted by Gasteiger charge is -2.36. The minimum absolute atomic E-state index is 0.0690. The number of fused-ring (bicyclic) bond motifs is 1. The van der Waals surface area contributed by atoms with Gasteiger partial charge in [-0.15, -0.1) is 0 Å². The van der Waals surface area contributed by atoms with Gasteiger partial charge in [0.05, 0.1) is 12.6 Å². The largest absolute Gasteiger partial charge is 0.394 e. The number of nitrogens with one attached hydrogen (secondary N) is 1. The van der Waals surface area contributed by atoms with Gasteiger partial charge in [-0.05, 0) is 41.5 Å². The zero-order valence-corrected chi connectivity index (χ0v) is 15.0. The van der Waals surface area contributed by atoms with E-state index in [1.165, 1.54) is 5.56 Å². The third kappa shape index (κ3) is 3.40. The molecule has 0 saturated carbocycles. The van der Waals surface area contributed by atoms with Gasteiger partial charge in [-0.1, -0.05) is 56.3 Å². The van der Waals surface area contributed by atoms with Gasteiger partial charge in [0.1, 0.15) is 0 Å². The summed E-state index contributed by atoms with van der Waals surface area (Å²) in [4.78, 5) is 14.7. The van der Waals surface area contributed by atoms with Gasteiger partial charge in [0.15, 0.2) is 0 Å². The van der Waals surface area contributed by atoms with Crippen molar-refractivity contribution in [1.82, 2.24) is 4.90 Å². The molecular weight excluding hydrogens is 312 g/mol. The first-order valence-electron chi connectivity index (χ1n) is 9.06. The molecule has 0 aliphatic carbocycles. The van der Waals surface area contributed by atoms with Crippen LogP contribution in [0.25, 0.3) is 0 Å². The van der Waals surface area contributed by atoms with Crippen LogP contribution in [0.15, 0.2) is 42.5 Å². The molecule has 1 aliphatic heterocycles. The highest BCUT2D eigenvalue weighted by Crippen LogP contribution is 2.31. The average Bonchev–Trinajstić information content (AvgIpc) is 2.66. The van der Waals surface area contributed by atoms with Crippen LogP contribution >= 0.6 is 0 Å². The summed E-state index contributed by atoms with van der Waals surface area (Å²) in [6.45, 7) is 4.74. The maximum atomic E-state index is 13.0. The van der Waals surface area contributed by atoms with Crippen molar-refractivity contribution in [2.24, 2.45) is 0 Å². The van der Waals surface area contributed by atoms with Gasteiger partial charge in [-0.2, -0.15) is 0 Å². The fraction of sp³-hybridized carbons (Fsp3) is 0.381. The van der Waals surface area contributed by atoms with E-state index in [1.807, 2.05) is 24.3 Å². The van der Waals surface area contributed by atoms with Crippen molar-refractivity contribution in [1.29, 1.82) is 0 Å². The number of amides is 2. The van der Waals surface area contributed by atoms with Crippen molar-refractivity contribution in [3.63, 3.8) is 0 Å². The molecule has 4 nitrogen and oxygen atoms in total. The second kappa shape index (κ2) is 7.70. The zero-order valence-electron chi connectivity index (χ0n) is 15.0. The van der Waals surface area contributed by atoms with E-state index in [2.05, 4.69) is 37.4 Å². The number of para-hydroxylation sites is 1. The first kappa shape index (κ1) is 17.5. The Balaban J connectivity index is 1.87. The first-order valence-corrected chi connectivity index (χ1v) is 9.06. The molecule has 3 rings (SSSR count). The maximum absolute atomic E-state index is 13.0. The minimum atomic E-state index is -0.288. The predicted octanol–water partition coefficient (Wildman–Crippen LogP) is 3.94. The number of nitrogens with zero attached hydrogens (tertiary/aromatic N) is 1.